The molecule has 0 bridgehead atoms. The molecule has 0 unspecified atom stereocenters. The number of aryl methyl sites for hydroxylation is 1. The summed E-state index contributed by atoms with van der Waals surface area (Å²) in [6.45, 7) is 2.01. The molecule has 1 aromatic rings. The fourth-order valence-electron chi connectivity index (χ4n) is 3.79. The van der Waals surface area contributed by atoms with Crippen molar-refractivity contribution in [1.29, 1.82) is 0 Å². The number of pyridine rings is 1. The lowest BCUT2D eigenvalue weighted by Gasteiger charge is -2.47. The molecule has 1 spiro atoms. The van der Waals surface area contributed by atoms with Gasteiger partial charge in [-0.1, -0.05) is 6.07 Å². The van der Waals surface area contributed by atoms with Gasteiger partial charge >= 0.3 is 0 Å². The number of halogens is 3. The molecule has 4 atom stereocenters. The van der Waals surface area contributed by atoms with E-state index in [4.69, 9.17) is 34.8 Å². The lowest BCUT2D eigenvalue weighted by atomic mass is 9.68. The van der Waals surface area contributed by atoms with Gasteiger partial charge < -0.3 is 0 Å². The van der Waals surface area contributed by atoms with Crippen molar-refractivity contribution in [2.45, 2.75) is 34.9 Å². The molecule has 3 aliphatic rings. The van der Waals surface area contributed by atoms with Gasteiger partial charge in [0.2, 0.25) is 0 Å². The number of hydrogen-bond acceptors (Lipinski definition) is 1. The minimum Gasteiger partial charge on any atom is -0.258 e. The second-order valence-corrected chi connectivity index (χ2v) is 7.15. The third kappa shape index (κ3) is 0.785. The average Bonchev–Trinajstić information content (AvgIpc) is 2.77. The largest absolute Gasteiger partial charge is 0.258 e. The summed E-state index contributed by atoms with van der Waals surface area (Å²) in [6, 6.07) is 4.23. The van der Waals surface area contributed by atoms with Crippen LogP contribution in [0.1, 0.15) is 35.2 Å². The molecule has 0 N–H and O–H groups in total. The smallest absolute Gasteiger partial charge is 0.127 e. The fraction of sp³-hybridized carbons (Fsp3) is 0.583. The van der Waals surface area contributed by atoms with E-state index in [-0.39, 0.29) is 16.7 Å². The standard InChI is InChI=1S/C12H10Cl3N/c1-5-2-3-6-7-4-11(14,15)12(7)8(10(12)13)9(6)16-5/h2-3,7-8,10H,4H2,1H3/t7-,8+,10-,12-/m1/s1. The van der Waals surface area contributed by atoms with Crippen molar-refractivity contribution in [2.75, 3.05) is 0 Å². The summed E-state index contributed by atoms with van der Waals surface area (Å²) in [4.78, 5) is 4.63. The van der Waals surface area contributed by atoms with Crippen molar-refractivity contribution in [3.63, 3.8) is 0 Å². The summed E-state index contributed by atoms with van der Waals surface area (Å²) in [5.74, 6) is 0.705. The van der Waals surface area contributed by atoms with Crippen LogP contribution in [-0.2, 0) is 0 Å². The van der Waals surface area contributed by atoms with Crippen molar-refractivity contribution in [3.8, 4) is 0 Å². The van der Waals surface area contributed by atoms with Crippen LogP contribution in [0.5, 0.6) is 0 Å². The van der Waals surface area contributed by atoms with Crippen LogP contribution >= 0.6 is 34.8 Å². The molecule has 3 aliphatic carbocycles. The molecule has 1 nitrogen and oxygen atoms in total. The zero-order chi connectivity index (χ0) is 11.3. The predicted octanol–water partition coefficient (Wildman–Crippen LogP) is 3.76. The Kier molecular flexibility index (Phi) is 1.59. The average molecular weight is 275 g/mol. The van der Waals surface area contributed by atoms with Gasteiger partial charge in [0.1, 0.15) is 4.33 Å². The SMILES string of the molecule is Cc1ccc2c(n1)[C@H]1[C@@H](Cl)[C@@]13[C@@H]2CC3(Cl)Cl. The van der Waals surface area contributed by atoms with Gasteiger partial charge in [-0.25, -0.2) is 0 Å². The van der Waals surface area contributed by atoms with E-state index in [1.807, 2.05) is 6.92 Å². The minimum atomic E-state index is -0.649. The number of rotatable bonds is 0. The van der Waals surface area contributed by atoms with Crippen LogP contribution in [0.25, 0.3) is 0 Å². The zero-order valence-corrected chi connectivity index (χ0v) is 10.9. The lowest BCUT2D eigenvalue weighted by molar-refractivity contribution is 0.212. The highest BCUT2D eigenvalue weighted by Crippen LogP contribution is 2.88. The monoisotopic (exact) mass is 273 g/mol. The predicted molar refractivity (Wildman–Crippen MR) is 65.6 cm³/mol. The number of aromatic nitrogens is 1. The highest BCUT2D eigenvalue weighted by atomic mass is 35.5. The van der Waals surface area contributed by atoms with E-state index in [1.54, 1.807) is 0 Å². The lowest BCUT2D eigenvalue weighted by Crippen LogP contribution is -2.47. The van der Waals surface area contributed by atoms with Crippen LogP contribution in [0.4, 0.5) is 0 Å². The summed E-state index contributed by atoms with van der Waals surface area (Å²) in [6.07, 6.45) is 0.813. The first-order chi connectivity index (χ1) is 7.50. The molecule has 1 aromatic heterocycles. The van der Waals surface area contributed by atoms with E-state index in [0.717, 1.165) is 17.8 Å². The third-order valence-electron chi connectivity index (χ3n) is 4.59. The van der Waals surface area contributed by atoms with E-state index in [2.05, 4.69) is 17.1 Å². The maximum atomic E-state index is 6.40. The van der Waals surface area contributed by atoms with Crippen molar-refractivity contribution < 1.29 is 0 Å². The Labute approximate surface area is 109 Å². The Morgan fingerprint density at radius 1 is 1.38 bits per heavy atom. The molecule has 1 heterocycles. The van der Waals surface area contributed by atoms with Crippen LogP contribution in [0.2, 0.25) is 0 Å². The maximum absolute atomic E-state index is 6.40. The third-order valence-corrected chi connectivity index (χ3v) is 6.17. The van der Waals surface area contributed by atoms with Gasteiger partial charge in [-0.2, -0.15) is 0 Å². The van der Waals surface area contributed by atoms with Crippen molar-refractivity contribution in [3.05, 3.63) is 29.1 Å². The second-order valence-electron chi connectivity index (χ2n) is 5.20. The number of alkyl halides is 3. The second kappa shape index (κ2) is 2.55. The van der Waals surface area contributed by atoms with E-state index in [0.29, 0.717) is 5.92 Å². The topological polar surface area (TPSA) is 12.9 Å². The van der Waals surface area contributed by atoms with Crippen LogP contribution < -0.4 is 0 Å². The van der Waals surface area contributed by atoms with E-state index in [9.17, 15) is 0 Å². The first-order valence-corrected chi connectivity index (χ1v) is 6.68. The molecular weight excluding hydrogens is 264 g/mol. The van der Waals surface area contributed by atoms with Gasteiger partial charge in [0, 0.05) is 22.7 Å². The Bertz CT molecular complexity index is 513. The first kappa shape index (κ1) is 9.99. The van der Waals surface area contributed by atoms with Gasteiger partial charge in [0.05, 0.1) is 5.38 Å². The van der Waals surface area contributed by atoms with Crippen LogP contribution in [0.15, 0.2) is 12.1 Å². The molecule has 16 heavy (non-hydrogen) atoms. The van der Waals surface area contributed by atoms with Gasteiger partial charge in [0.25, 0.3) is 0 Å². The summed E-state index contributed by atoms with van der Waals surface area (Å²) in [5.41, 5.74) is 3.40. The molecule has 2 saturated carbocycles. The van der Waals surface area contributed by atoms with E-state index in [1.165, 1.54) is 5.56 Å². The fourth-order valence-corrected chi connectivity index (χ4v) is 5.67. The summed E-state index contributed by atoms with van der Waals surface area (Å²) >= 11 is 19.1. The Morgan fingerprint density at radius 2 is 2.12 bits per heavy atom. The highest BCUT2D eigenvalue weighted by Gasteiger charge is 2.87. The quantitative estimate of drug-likeness (QED) is 0.657. The van der Waals surface area contributed by atoms with E-state index < -0.39 is 4.33 Å². The molecule has 4 heteroatoms. The summed E-state index contributed by atoms with van der Waals surface area (Å²) < 4.78 is -0.649. The van der Waals surface area contributed by atoms with Crippen molar-refractivity contribution in [1.82, 2.24) is 4.98 Å². The number of hydrogen-bond donors (Lipinski definition) is 0. The molecule has 0 radical (unpaired) electrons. The number of fused-ring (bicyclic) bond motifs is 3. The minimum absolute atomic E-state index is 0.0723. The molecule has 4 rings (SSSR count). The molecule has 0 aromatic carbocycles. The molecule has 0 saturated heterocycles. The molecule has 2 fully saturated rings. The normalized spacial score (nSPS) is 45.4. The van der Waals surface area contributed by atoms with Gasteiger partial charge in [0.15, 0.2) is 0 Å². The van der Waals surface area contributed by atoms with Gasteiger partial charge in [-0.05, 0) is 30.9 Å². The van der Waals surface area contributed by atoms with Crippen molar-refractivity contribution in [2.24, 2.45) is 5.41 Å². The van der Waals surface area contributed by atoms with E-state index >= 15 is 0 Å². The summed E-state index contributed by atoms with van der Waals surface area (Å²) in [5, 5.41) is 0.0723. The van der Waals surface area contributed by atoms with Gasteiger partial charge in [-0.3, -0.25) is 4.98 Å². The maximum Gasteiger partial charge on any atom is 0.127 e. The summed E-state index contributed by atoms with van der Waals surface area (Å²) in [7, 11) is 0. The Balaban J connectivity index is 1.92. The van der Waals surface area contributed by atoms with Crippen LogP contribution in [-0.4, -0.2) is 14.7 Å². The van der Waals surface area contributed by atoms with Crippen LogP contribution in [0, 0.1) is 12.3 Å². The molecule has 0 amide bonds. The highest BCUT2D eigenvalue weighted by molar-refractivity contribution is 6.51. The van der Waals surface area contributed by atoms with Gasteiger partial charge in [-0.15, -0.1) is 34.8 Å². The number of nitrogens with zero attached hydrogens (tertiary/aromatic N) is 1. The molecular formula is C12H10Cl3N. The Morgan fingerprint density at radius 3 is 2.81 bits per heavy atom. The molecule has 84 valence electrons. The first-order valence-electron chi connectivity index (χ1n) is 5.49. The van der Waals surface area contributed by atoms with Crippen LogP contribution in [0.3, 0.4) is 0 Å². The Hall–Kier alpha value is 0.0200. The zero-order valence-electron chi connectivity index (χ0n) is 8.67. The van der Waals surface area contributed by atoms with Crippen molar-refractivity contribution >= 4 is 34.8 Å². The molecule has 0 aliphatic heterocycles.